The van der Waals surface area contributed by atoms with E-state index in [1.807, 2.05) is 0 Å². The molecule has 86 valence electrons. The third-order valence-electron chi connectivity index (χ3n) is 2.10. The van der Waals surface area contributed by atoms with Gasteiger partial charge in [0.1, 0.15) is 5.78 Å². The summed E-state index contributed by atoms with van der Waals surface area (Å²) in [5.74, 6) is -0.199. The van der Waals surface area contributed by atoms with Crippen LogP contribution in [-0.2, 0) is 9.59 Å². The molecule has 0 unspecified atom stereocenters. The highest BCUT2D eigenvalue weighted by Crippen LogP contribution is 2.19. The maximum absolute atomic E-state index is 10.8. The second-order valence-electron chi connectivity index (χ2n) is 3.73. The van der Waals surface area contributed by atoms with Gasteiger partial charge in [0.15, 0.2) is 0 Å². The molecule has 0 fully saturated rings. The molecule has 1 amide bonds. The zero-order chi connectivity index (χ0) is 12.1. The Hall–Kier alpha value is -1.68. The van der Waals surface area contributed by atoms with Gasteiger partial charge in [-0.2, -0.15) is 0 Å². The van der Waals surface area contributed by atoms with Crippen molar-refractivity contribution in [1.82, 2.24) is 0 Å². The highest BCUT2D eigenvalue weighted by molar-refractivity contribution is 5.88. The molecule has 0 aliphatic carbocycles. The van der Waals surface area contributed by atoms with E-state index < -0.39 is 6.10 Å². The van der Waals surface area contributed by atoms with E-state index in [2.05, 4.69) is 5.32 Å². The van der Waals surface area contributed by atoms with Crippen LogP contribution in [0.5, 0.6) is 0 Å². The van der Waals surface area contributed by atoms with Crippen molar-refractivity contribution in [3.05, 3.63) is 29.8 Å². The van der Waals surface area contributed by atoms with E-state index in [9.17, 15) is 14.7 Å². The van der Waals surface area contributed by atoms with E-state index in [1.54, 1.807) is 24.3 Å². The molecule has 1 aromatic carbocycles. The van der Waals surface area contributed by atoms with E-state index in [4.69, 9.17) is 0 Å². The van der Waals surface area contributed by atoms with Crippen LogP contribution in [0.3, 0.4) is 0 Å². The number of rotatable bonds is 4. The second kappa shape index (κ2) is 5.42. The average Bonchev–Trinajstić information content (AvgIpc) is 2.16. The summed E-state index contributed by atoms with van der Waals surface area (Å²) in [5, 5.41) is 12.3. The highest BCUT2D eigenvalue weighted by Gasteiger charge is 2.09. The first-order chi connectivity index (χ1) is 7.49. The van der Waals surface area contributed by atoms with Gasteiger partial charge in [-0.15, -0.1) is 0 Å². The number of carbonyl (C=O) groups excluding carboxylic acids is 2. The van der Waals surface area contributed by atoms with E-state index in [0.717, 1.165) is 0 Å². The lowest BCUT2D eigenvalue weighted by Crippen LogP contribution is -2.06. The molecule has 1 atom stereocenters. The van der Waals surface area contributed by atoms with Gasteiger partial charge in [-0.3, -0.25) is 9.59 Å². The van der Waals surface area contributed by atoms with Crippen molar-refractivity contribution in [2.45, 2.75) is 26.4 Å². The fourth-order valence-corrected chi connectivity index (χ4v) is 1.38. The largest absolute Gasteiger partial charge is 0.388 e. The molecule has 0 aromatic heterocycles. The highest BCUT2D eigenvalue weighted by atomic mass is 16.3. The first-order valence-corrected chi connectivity index (χ1v) is 5.04. The SMILES string of the molecule is CC(=O)C[C@@H](O)c1ccc(NC(C)=O)cc1. The van der Waals surface area contributed by atoms with Crippen molar-refractivity contribution in [2.75, 3.05) is 5.32 Å². The number of hydrogen-bond acceptors (Lipinski definition) is 3. The number of anilines is 1. The van der Waals surface area contributed by atoms with Crippen molar-refractivity contribution in [2.24, 2.45) is 0 Å². The Kier molecular flexibility index (Phi) is 4.19. The average molecular weight is 221 g/mol. The van der Waals surface area contributed by atoms with Gasteiger partial charge < -0.3 is 10.4 Å². The van der Waals surface area contributed by atoms with E-state index in [0.29, 0.717) is 11.3 Å². The maximum atomic E-state index is 10.8. The Bertz CT molecular complexity index is 384. The molecule has 1 aromatic rings. The minimum absolute atomic E-state index is 0.0570. The van der Waals surface area contributed by atoms with Crippen LogP contribution in [0.15, 0.2) is 24.3 Å². The van der Waals surface area contributed by atoms with Crippen LogP contribution in [0.2, 0.25) is 0 Å². The number of carbonyl (C=O) groups is 2. The molecule has 4 heteroatoms. The van der Waals surface area contributed by atoms with Gasteiger partial charge in [0.05, 0.1) is 6.10 Å². The van der Waals surface area contributed by atoms with Gasteiger partial charge in [-0.1, -0.05) is 12.1 Å². The Morgan fingerprint density at radius 2 is 1.81 bits per heavy atom. The molecule has 0 saturated heterocycles. The van der Waals surface area contributed by atoms with E-state index in [1.165, 1.54) is 13.8 Å². The Morgan fingerprint density at radius 1 is 1.25 bits per heavy atom. The molecular weight excluding hydrogens is 206 g/mol. The van der Waals surface area contributed by atoms with Crippen molar-refractivity contribution >= 4 is 17.4 Å². The predicted molar refractivity (Wildman–Crippen MR) is 61.0 cm³/mol. The standard InChI is InChI=1S/C12H15NO3/c1-8(14)7-12(16)10-3-5-11(6-4-10)13-9(2)15/h3-6,12,16H,7H2,1-2H3,(H,13,15)/t12-/m1/s1. The number of hydrogen-bond donors (Lipinski definition) is 2. The lowest BCUT2D eigenvalue weighted by Gasteiger charge is -2.09. The minimum atomic E-state index is -0.774. The van der Waals surface area contributed by atoms with Gasteiger partial charge in [-0.05, 0) is 24.6 Å². The first-order valence-electron chi connectivity index (χ1n) is 5.04. The van der Waals surface area contributed by atoms with Crippen LogP contribution in [-0.4, -0.2) is 16.8 Å². The van der Waals surface area contributed by atoms with Crippen LogP contribution in [0.1, 0.15) is 31.9 Å². The molecule has 0 aliphatic rings. The quantitative estimate of drug-likeness (QED) is 0.812. The van der Waals surface area contributed by atoms with Gasteiger partial charge in [0.2, 0.25) is 5.91 Å². The lowest BCUT2D eigenvalue weighted by atomic mass is 10.0. The zero-order valence-electron chi connectivity index (χ0n) is 9.36. The van der Waals surface area contributed by atoms with Crippen molar-refractivity contribution in [1.29, 1.82) is 0 Å². The van der Waals surface area contributed by atoms with Gasteiger partial charge in [0, 0.05) is 19.0 Å². The van der Waals surface area contributed by atoms with Crippen LogP contribution < -0.4 is 5.32 Å². The molecule has 0 spiro atoms. The maximum Gasteiger partial charge on any atom is 0.221 e. The van der Waals surface area contributed by atoms with Gasteiger partial charge >= 0.3 is 0 Å². The van der Waals surface area contributed by atoms with Crippen molar-refractivity contribution < 1.29 is 14.7 Å². The lowest BCUT2D eigenvalue weighted by molar-refractivity contribution is -0.119. The van der Waals surface area contributed by atoms with Crippen molar-refractivity contribution in [3.63, 3.8) is 0 Å². The van der Waals surface area contributed by atoms with Gasteiger partial charge in [0.25, 0.3) is 0 Å². The summed E-state index contributed by atoms with van der Waals surface area (Å²) in [5.41, 5.74) is 1.34. The third-order valence-corrected chi connectivity index (χ3v) is 2.10. The topological polar surface area (TPSA) is 66.4 Å². The van der Waals surface area contributed by atoms with Crippen molar-refractivity contribution in [3.8, 4) is 0 Å². The molecule has 4 nitrogen and oxygen atoms in total. The number of nitrogens with one attached hydrogen (secondary N) is 1. The summed E-state index contributed by atoms with van der Waals surface area (Å²) in [6.45, 7) is 2.87. The molecule has 1 rings (SSSR count). The zero-order valence-corrected chi connectivity index (χ0v) is 9.36. The molecule has 0 heterocycles. The number of Topliss-reactive ketones (excluding diaryl/α,β-unsaturated/α-hetero) is 1. The Morgan fingerprint density at radius 3 is 2.25 bits per heavy atom. The number of aliphatic hydroxyl groups is 1. The normalized spacial score (nSPS) is 11.9. The van der Waals surface area contributed by atoms with E-state index >= 15 is 0 Å². The fraction of sp³-hybridized carbons (Fsp3) is 0.333. The summed E-state index contributed by atoms with van der Waals surface area (Å²) in [6.07, 6.45) is -0.664. The number of amides is 1. The Balaban J connectivity index is 2.70. The smallest absolute Gasteiger partial charge is 0.221 e. The summed E-state index contributed by atoms with van der Waals surface area (Å²) in [4.78, 5) is 21.6. The van der Waals surface area contributed by atoms with Crippen LogP contribution in [0.4, 0.5) is 5.69 Å². The molecular formula is C12H15NO3. The minimum Gasteiger partial charge on any atom is -0.388 e. The monoisotopic (exact) mass is 221 g/mol. The molecule has 0 radical (unpaired) electrons. The third kappa shape index (κ3) is 3.82. The predicted octanol–water partition coefficient (Wildman–Crippen LogP) is 1.66. The number of aliphatic hydroxyl groups excluding tert-OH is 1. The fourth-order valence-electron chi connectivity index (χ4n) is 1.38. The summed E-state index contributed by atoms with van der Waals surface area (Å²) >= 11 is 0. The molecule has 0 bridgehead atoms. The Labute approximate surface area is 94.3 Å². The van der Waals surface area contributed by atoms with Crippen LogP contribution >= 0.6 is 0 Å². The number of benzene rings is 1. The number of ketones is 1. The second-order valence-corrected chi connectivity index (χ2v) is 3.73. The van der Waals surface area contributed by atoms with Crippen LogP contribution in [0, 0.1) is 0 Å². The molecule has 0 aliphatic heterocycles. The molecule has 16 heavy (non-hydrogen) atoms. The van der Waals surface area contributed by atoms with E-state index in [-0.39, 0.29) is 18.1 Å². The summed E-state index contributed by atoms with van der Waals surface area (Å²) in [6, 6.07) is 6.78. The van der Waals surface area contributed by atoms with Gasteiger partial charge in [-0.25, -0.2) is 0 Å². The molecule has 2 N–H and O–H groups in total. The molecule has 0 saturated carbocycles. The first kappa shape index (κ1) is 12.4. The summed E-state index contributed by atoms with van der Waals surface area (Å²) < 4.78 is 0. The van der Waals surface area contributed by atoms with Crippen LogP contribution in [0.25, 0.3) is 0 Å². The summed E-state index contributed by atoms with van der Waals surface area (Å²) in [7, 11) is 0.